The lowest BCUT2D eigenvalue weighted by Gasteiger charge is -2.22. The highest BCUT2D eigenvalue weighted by Crippen LogP contribution is 2.17. The average Bonchev–Trinajstić information content (AvgIpc) is 2.59. The number of H-pyrrole nitrogens is 1. The third kappa shape index (κ3) is 8.24. The summed E-state index contributed by atoms with van der Waals surface area (Å²) in [5.74, 6) is 0. The fraction of sp³-hybridized carbons (Fsp3) is 0.542. The van der Waals surface area contributed by atoms with Gasteiger partial charge in [-0.15, -0.1) is 0 Å². The first-order valence-electron chi connectivity index (χ1n) is 10.8. The van der Waals surface area contributed by atoms with Crippen molar-refractivity contribution in [3.05, 3.63) is 45.7 Å². The number of carbonyl (C=O) groups is 2. The minimum absolute atomic E-state index is 0.105. The van der Waals surface area contributed by atoms with Crippen LogP contribution in [0.4, 0.5) is 9.59 Å². The number of fused-ring (bicyclic) bond motifs is 1. The highest BCUT2D eigenvalue weighted by molar-refractivity contribution is 5.82. The minimum atomic E-state index is -0.571. The summed E-state index contributed by atoms with van der Waals surface area (Å²) in [6.07, 6.45) is -0.471. The fourth-order valence-corrected chi connectivity index (χ4v) is 3.17. The summed E-state index contributed by atoms with van der Waals surface area (Å²) in [7, 11) is 0. The Bertz CT molecular complexity index is 1010. The van der Waals surface area contributed by atoms with E-state index in [1.54, 1.807) is 32.9 Å². The lowest BCUT2D eigenvalue weighted by atomic mass is 10.0. The third-order valence-electron chi connectivity index (χ3n) is 4.36. The van der Waals surface area contributed by atoms with E-state index in [9.17, 15) is 14.4 Å². The van der Waals surface area contributed by atoms with Gasteiger partial charge >= 0.3 is 12.2 Å². The number of aromatic nitrogens is 1. The molecule has 1 heterocycles. The Morgan fingerprint density at radius 2 is 1.78 bits per heavy atom. The molecular weight excluding hydrogens is 410 g/mol. The lowest BCUT2D eigenvalue weighted by Crippen LogP contribution is -2.42. The van der Waals surface area contributed by atoms with Crippen LogP contribution in [0, 0.1) is 0 Å². The molecule has 0 saturated heterocycles. The topological polar surface area (TPSA) is 110 Å². The Balaban J connectivity index is 2.11. The van der Waals surface area contributed by atoms with Gasteiger partial charge in [-0.25, -0.2) is 9.59 Å². The van der Waals surface area contributed by atoms with Crippen LogP contribution in [0.3, 0.4) is 0 Å². The Morgan fingerprint density at radius 3 is 2.41 bits per heavy atom. The molecule has 0 bridgehead atoms. The van der Waals surface area contributed by atoms with Gasteiger partial charge < -0.3 is 25.1 Å². The second-order valence-corrected chi connectivity index (χ2v) is 9.97. The molecule has 1 aromatic carbocycles. The number of alkyl carbamates (subject to hydrolysis) is 2. The molecule has 0 aliphatic rings. The SMILES string of the molecule is CC(Cc1cccc2c(=O)cc(CCNC(=O)OC(C)(C)C)[nH]c12)OC(=O)NC(C)(C)C. The van der Waals surface area contributed by atoms with Gasteiger partial charge in [0.25, 0.3) is 0 Å². The number of aromatic amines is 1. The highest BCUT2D eigenvalue weighted by atomic mass is 16.6. The number of ether oxygens (including phenoxy) is 2. The third-order valence-corrected chi connectivity index (χ3v) is 4.36. The Hall–Kier alpha value is -3.03. The second-order valence-electron chi connectivity index (χ2n) is 9.97. The zero-order chi connectivity index (χ0) is 24.1. The number of nitrogens with one attached hydrogen (secondary N) is 3. The fourth-order valence-electron chi connectivity index (χ4n) is 3.17. The van der Waals surface area contributed by atoms with Crippen molar-refractivity contribution in [2.45, 2.75) is 78.6 Å². The zero-order valence-corrected chi connectivity index (χ0v) is 20.0. The number of pyridine rings is 1. The number of rotatable bonds is 6. The van der Waals surface area contributed by atoms with Gasteiger partial charge in [-0.05, 0) is 60.1 Å². The van der Waals surface area contributed by atoms with Crippen molar-refractivity contribution in [2.24, 2.45) is 0 Å². The number of carbonyl (C=O) groups excluding carboxylic acids is 2. The molecular formula is C24H35N3O5. The van der Waals surface area contributed by atoms with E-state index in [4.69, 9.17) is 9.47 Å². The van der Waals surface area contributed by atoms with Crippen molar-refractivity contribution in [1.29, 1.82) is 0 Å². The Morgan fingerprint density at radius 1 is 1.09 bits per heavy atom. The van der Waals surface area contributed by atoms with Crippen LogP contribution in [0.15, 0.2) is 29.1 Å². The van der Waals surface area contributed by atoms with Crippen molar-refractivity contribution >= 4 is 23.1 Å². The molecule has 0 aliphatic carbocycles. The van der Waals surface area contributed by atoms with Crippen molar-refractivity contribution in [1.82, 2.24) is 15.6 Å². The van der Waals surface area contributed by atoms with Gasteiger partial charge in [-0.3, -0.25) is 4.79 Å². The van der Waals surface area contributed by atoms with Crippen LogP contribution in [0.2, 0.25) is 0 Å². The van der Waals surface area contributed by atoms with Crippen LogP contribution in [0.1, 0.15) is 59.7 Å². The van der Waals surface area contributed by atoms with Gasteiger partial charge in [0.15, 0.2) is 5.43 Å². The van der Waals surface area contributed by atoms with Crippen molar-refractivity contribution in [3.63, 3.8) is 0 Å². The molecule has 0 saturated carbocycles. The van der Waals surface area contributed by atoms with Gasteiger partial charge in [-0.2, -0.15) is 0 Å². The summed E-state index contributed by atoms with van der Waals surface area (Å²) in [6, 6.07) is 7.03. The quantitative estimate of drug-likeness (QED) is 0.621. The smallest absolute Gasteiger partial charge is 0.407 e. The van der Waals surface area contributed by atoms with Crippen LogP contribution in [-0.2, 0) is 22.3 Å². The van der Waals surface area contributed by atoms with Crippen molar-refractivity contribution < 1.29 is 19.1 Å². The molecule has 0 radical (unpaired) electrons. The number of benzene rings is 1. The maximum absolute atomic E-state index is 12.6. The van der Waals surface area contributed by atoms with E-state index in [1.807, 2.05) is 39.8 Å². The summed E-state index contributed by atoms with van der Waals surface area (Å²) in [5, 5.41) is 6.04. The molecule has 1 atom stereocenters. The maximum Gasteiger partial charge on any atom is 0.407 e. The van der Waals surface area contributed by atoms with Crippen LogP contribution < -0.4 is 16.1 Å². The molecule has 0 spiro atoms. The number of amides is 2. The minimum Gasteiger partial charge on any atom is -0.446 e. The molecule has 1 aromatic heterocycles. The van der Waals surface area contributed by atoms with Gasteiger partial charge in [-0.1, -0.05) is 12.1 Å². The van der Waals surface area contributed by atoms with Crippen LogP contribution in [0.5, 0.6) is 0 Å². The van der Waals surface area contributed by atoms with Gasteiger partial charge in [0, 0.05) is 42.1 Å². The van der Waals surface area contributed by atoms with E-state index in [2.05, 4.69) is 15.6 Å². The average molecular weight is 446 g/mol. The molecule has 3 N–H and O–H groups in total. The second kappa shape index (κ2) is 10.1. The summed E-state index contributed by atoms with van der Waals surface area (Å²) in [4.78, 5) is 39.8. The van der Waals surface area contributed by atoms with E-state index < -0.39 is 17.8 Å². The first-order chi connectivity index (χ1) is 14.7. The summed E-state index contributed by atoms with van der Waals surface area (Å²) < 4.78 is 10.7. The van der Waals surface area contributed by atoms with Crippen LogP contribution in [0.25, 0.3) is 10.9 Å². The lowest BCUT2D eigenvalue weighted by molar-refractivity contribution is 0.0528. The molecule has 32 heavy (non-hydrogen) atoms. The molecule has 0 fully saturated rings. The molecule has 0 aliphatic heterocycles. The molecule has 176 valence electrons. The molecule has 2 amide bonds. The van der Waals surface area contributed by atoms with E-state index in [-0.39, 0.29) is 17.1 Å². The molecule has 2 rings (SSSR count). The predicted molar refractivity (Wildman–Crippen MR) is 125 cm³/mol. The van der Waals surface area contributed by atoms with E-state index in [0.717, 1.165) is 5.56 Å². The van der Waals surface area contributed by atoms with Crippen LogP contribution >= 0.6 is 0 Å². The van der Waals surface area contributed by atoms with Crippen molar-refractivity contribution in [2.75, 3.05) is 6.54 Å². The molecule has 8 heteroatoms. The van der Waals surface area contributed by atoms with Gasteiger partial charge in [0.05, 0.1) is 5.52 Å². The van der Waals surface area contributed by atoms with Crippen molar-refractivity contribution in [3.8, 4) is 0 Å². The number of hydrogen-bond acceptors (Lipinski definition) is 5. The molecule has 2 aromatic rings. The summed E-state index contributed by atoms with van der Waals surface area (Å²) in [5.41, 5.74) is 1.22. The Labute approximate surface area is 189 Å². The largest absolute Gasteiger partial charge is 0.446 e. The first-order valence-corrected chi connectivity index (χ1v) is 10.8. The Kier molecular flexibility index (Phi) is 7.93. The van der Waals surface area contributed by atoms with Gasteiger partial charge in [0.1, 0.15) is 11.7 Å². The zero-order valence-electron chi connectivity index (χ0n) is 20.0. The monoisotopic (exact) mass is 445 g/mol. The maximum atomic E-state index is 12.6. The molecule has 1 unspecified atom stereocenters. The number of para-hydroxylation sites is 1. The van der Waals surface area contributed by atoms with E-state index >= 15 is 0 Å². The normalized spacial score (nSPS) is 12.8. The molecule has 8 nitrogen and oxygen atoms in total. The van der Waals surface area contributed by atoms with Crippen LogP contribution in [-0.4, -0.2) is 41.0 Å². The summed E-state index contributed by atoms with van der Waals surface area (Å²) in [6.45, 7) is 13.2. The first kappa shape index (κ1) is 25.2. The number of hydrogen-bond donors (Lipinski definition) is 3. The summed E-state index contributed by atoms with van der Waals surface area (Å²) >= 11 is 0. The highest BCUT2D eigenvalue weighted by Gasteiger charge is 2.18. The van der Waals surface area contributed by atoms with Gasteiger partial charge in [0.2, 0.25) is 0 Å². The van der Waals surface area contributed by atoms with E-state index in [1.165, 1.54) is 0 Å². The van der Waals surface area contributed by atoms with E-state index in [0.29, 0.717) is 36.0 Å². The standard InChI is InChI=1S/C24H35N3O5/c1-15(31-22(30)27-23(2,3)4)13-16-9-8-10-18-19(28)14-17(26-20(16)18)11-12-25-21(29)32-24(5,6)7/h8-10,14-15H,11-13H2,1-7H3,(H,25,29)(H,26,28)(H,27,30). The predicted octanol–water partition coefficient (Wildman–Crippen LogP) is 4.05.